The van der Waals surface area contributed by atoms with Crippen LogP contribution < -0.4 is 0 Å². The number of hydrogen-bond donors (Lipinski definition) is 1. The lowest BCUT2D eigenvalue weighted by molar-refractivity contribution is -1.12. The fourth-order valence-electron chi connectivity index (χ4n) is 6.92. The molecule has 350 valence electrons. The number of unbranched alkanes of at least 4 members (excludes halogenated alkanes) is 11. The molecule has 0 aliphatic rings. The topological polar surface area (TPSA) is 220 Å². The van der Waals surface area contributed by atoms with Crippen molar-refractivity contribution in [3.8, 4) is 0 Å². The number of rotatable bonds is 31. The van der Waals surface area contributed by atoms with Crippen molar-refractivity contribution in [3.05, 3.63) is 0 Å². The van der Waals surface area contributed by atoms with Crippen LogP contribution in [0.3, 0.4) is 0 Å². The summed E-state index contributed by atoms with van der Waals surface area (Å²) in [6, 6.07) is 0. The van der Waals surface area contributed by atoms with E-state index in [0.29, 0.717) is 6.17 Å². The first-order valence-electron chi connectivity index (χ1n) is 21.2. The quantitative estimate of drug-likeness (QED) is 0.0276. The van der Waals surface area contributed by atoms with Gasteiger partial charge >= 0.3 is 0 Å². The average molecular weight is 890 g/mol. The van der Waals surface area contributed by atoms with Crippen molar-refractivity contribution < 1.29 is 70.0 Å². The molecule has 19 heteroatoms. The highest BCUT2D eigenvalue weighted by molar-refractivity contribution is 7.81. The normalized spacial score (nSPS) is 13.7. The minimum atomic E-state index is -4.42. The maximum Gasteiger partial charge on any atom is 0.221 e. The Hall–Kier alpha value is -0.550. The number of hydrogen-bond acceptors (Lipinski definition) is 13. The molecule has 2 unspecified atom stereocenters. The summed E-state index contributed by atoms with van der Waals surface area (Å²) >= 11 is 0. The second-order valence-electron chi connectivity index (χ2n) is 15.6. The van der Waals surface area contributed by atoms with Crippen molar-refractivity contribution in [3.63, 3.8) is 0 Å². The van der Waals surface area contributed by atoms with Gasteiger partial charge in [0.15, 0.2) is 0 Å². The lowest BCUT2D eigenvalue weighted by Crippen LogP contribution is -2.68. The lowest BCUT2D eigenvalue weighted by Gasteiger charge is -2.50. The van der Waals surface area contributed by atoms with Crippen molar-refractivity contribution in [2.45, 2.75) is 164 Å². The van der Waals surface area contributed by atoms with E-state index < -0.39 is 31.2 Å². The van der Waals surface area contributed by atoms with Gasteiger partial charge in [-0.25, -0.2) is 25.3 Å². The van der Waals surface area contributed by atoms with Crippen LogP contribution >= 0.6 is 0 Å². The molecule has 0 bridgehead atoms. The van der Waals surface area contributed by atoms with Crippen molar-refractivity contribution >= 4 is 31.2 Å². The van der Waals surface area contributed by atoms with Crippen LogP contribution in [-0.2, 0) is 43.7 Å². The SMILES string of the molecule is CCCCCCCCCCCCCCC(O)C[N+](C)(C)CCC([N+](C)(C)CC)[N+](CC)(CC)CCC.CCOS(=O)(=O)[O-].CCOS(=O)(=O)[O-].CCOS(=O)(=O)[O-]. The summed E-state index contributed by atoms with van der Waals surface area (Å²) in [5.74, 6) is 0. The first-order chi connectivity index (χ1) is 26.2. The van der Waals surface area contributed by atoms with Gasteiger partial charge in [-0.15, -0.1) is 0 Å². The Morgan fingerprint density at radius 1 is 0.491 bits per heavy atom. The molecule has 0 aromatic rings. The molecule has 0 aliphatic carbocycles. The zero-order chi connectivity index (χ0) is 45.2. The lowest BCUT2D eigenvalue weighted by atomic mass is 10.0. The van der Waals surface area contributed by atoms with E-state index in [1.54, 1.807) is 0 Å². The smallest absolute Gasteiger partial charge is 0.221 e. The Kier molecular flexibility index (Phi) is 38.8. The molecule has 0 heterocycles. The highest BCUT2D eigenvalue weighted by Crippen LogP contribution is 2.26. The minimum absolute atomic E-state index is 0.0914. The van der Waals surface area contributed by atoms with E-state index in [1.165, 1.54) is 141 Å². The third-order valence-corrected chi connectivity index (χ3v) is 11.6. The van der Waals surface area contributed by atoms with Gasteiger partial charge in [0, 0.05) is 0 Å². The first kappa shape index (κ1) is 63.1. The van der Waals surface area contributed by atoms with Crippen molar-refractivity contribution in [1.82, 2.24) is 0 Å². The van der Waals surface area contributed by atoms with Crippen LogP contribution in [0.1, 0.15) is 152 Å². The van der Waals surface area contributed by atoms with Gasteiger partial charge in [-0.3, -0.25) is 21.5 Å². The molecule has 57 heavy (non-hydrogen) atoms. The van der Waals surface area contributed by atoms with Crippen molar-refractivity contribution in [2.75, 3.05) is 87.3 Å². The zero-order valence-electron chi connectivity index (χ0n) is 38.0. The first-order valence-corrected chi connectivity index (χ1v) is 25.2. The number of nitrogens with zero attached hydrogens (tertiary/aromatic N) is 3. The van der Waals surface area contributed by atoms with Crippen LogP contribution in [0, 0.1) is 0 Å². The number of likely N-dealkylation sites (N-methyl/N-ethyl adjacent to an activating group) is 1. The molecule has 16 nitrogen and oxygen atoms in total. The molecular formula is C38H87N3O13S3. The van der Waals surface area contributed by atoms with E-state index >= 15 is 0 Å². The number of quaternary nitrogens is 3. The molecule has 2 atom stereocenters. The summed E-state index contributed by atoms with van der Waals surface area (Å²) in [5.41, 5.74) is 0. The monoisotopic (exact) mass is 890 g/mol. The Morgan fingerprint density at radius 3 is 1.11 bits per heavy atom. The minimum Gasteiger partial charge on any atom is -0.726 e. The van der Waals surface area contributed by atoms with Crippen molar-refractivity contribution in [2.24, 2.45) is 0 Å². The molecular weight excluding hydrogens is 803 g/mol. The van der Waals surface area contributed by atoms with E-state index in [0.717, 1.165) is 28.5 Å². The summed E-state index contributed by atoms with van der Waals surface area (Å²) in [4.78, 5) is 0. The molecule has 0 spiro atoms. The third kappa shape index (κ3) is 42.0. The zero-order valence-corrected chi connectivity index (χ0v) is 40.5. The summed E-state index contributed by atoms with van der Waals surface area (Å²) in [6.45, 7) is 22.7. The van der Waals surface area contributed by atoms with Gasteiger partial charge < -0.3 is 23.2 Å². The molecule has 0 saturated carbocycles. The summed E-state index contributed by atoms with van der Waals surface area (Å²) < 4.78 is 99.3. The van der Waals surface area contributed by atoms with Crippen LogP contribution in [0.25, 0.3) is 0 Å². The molecule has 0 amide bonds. The fraction of sp³-hybridized carbons (Fsp3) is 1.00. The van der Waals surface area contributed by atoms with E-state index in [2.05, 4.69) is 75.4 Å². The van der Waals surface area contributed by atoms with Crippen LogP contribution in [0.4, 0.5) is 0 Å². The van der Waals surface area contributed by atoms with Gasteiger partial charge in [0.1, 0.15) is 19.1 Å². The predicted molar refractivity (Wildman–Crippen MR) is 225 cm³/mol. The molecule has 0 radical (unpaired) electrons. The van der Waals surface area contributed by atoms with E-state index in [-0.39, 0.29) is 25.9 Å². The summed E-state index contributed by atoms with van der Waals surface area (Å²) in [6.07, 6.45) is 20.4. The molecule has 0 aromatic carbocycles. The number of aliphatic hydroxyl groups is 1. The highest BCUT2D eigenvalue weighted by atomic mass is 32.3. The van der Waals surface area contributed by atoms with Gasteiger partial charge in [0.05, 0.1) is 80.7 Å². The second kappa shape index (κ2) is 35.1. The van der Waals surface area contributed by atoms with Crippen LogP contribution in [0.15, 0.2) is 0 Å². The van der Waals surface area contributed by atoms with E-state index in [1.807, 2.05) is 0 Å². The van der Waals surface area contributed by atoms with Gasteiger partial charge in [-0.05, 0) is 54.4 Å². The fourth-order valence-corrected chi connectivity index (χ4v) is 7.79. The molecule has 0 aromatic heterocycles. The Labute approximate surface area is 351 Å². The number of aliphatic hydroxyl groups excluding tert-OH is 1. The molecule has 0 saturated heterocycles. The standard InChI is InChI=1S/C32H72N3O.3C2H6O4S/c1-10-15-16-17-18-19-20-21-22-23-24-25-26-31(36)30-33(6,7)29-27-32(34(8,9)12-3)35(13-4,14-5)28-11-2;3*1-2-6-7(3,4)5/h31-32,36H,10-30H2,1-9H3;3*2H2,1H3,(H,3,4,5)/q+3;;;/p-3. The highest BCUT2D eigenvalue weighted by Gasteiger charge is 2.44. The Balaban J connectivity index is -0.000000537. The van der Waals surface area contributed by atoms with E-state index in [4.69, 9.17) is 0 Å². The third-order valence-electron chi connectivity index (χ3n) is 10.1. The maximum atomic E-state index is 10.8. The van der Waals surface area contributed by atoms with Crippen LogP contribution in [-0.4, -0.2) is 157 Å². The van der Waals surface area contributed by atoms with Gasteiger partial charge in [0.2, 0.25) is 37.4 Å². The van der Waals surface area contributed by atoms with Crippen LogP contribution in [0.2, 0.25) is 0 Å². The molecule has 0 rings (SSSR count). The Morgan fingerprint density at radius 2 is 0.842 bits per heavy atom. The largest absolute Gasteiger partial charge is 0.726 e. The molecule has 0 aliphatic heterocycles. The Bertz CT molecular complexity index is 1170. The summed E-state index contributed by atoms with van der Waals surface area (Å²) in [5, 5.41) is 10.8. The molecule has 1 N–H and O–H groups in total. The van der Waals surface area contributed by atoms with Crippen LogP contribution in [0.5, 0.6) is 0 Å². The predicted octanol–water partition coefficient (Wildman–Crippen LogP) is 6.04. The van der Waals surface area contributed by atoms with Crippen molar-refractivity contribution in [1.29, 1.82) is 0 Å². The van der Waals surface area contributed by atoms with Gasteiger partial charge in [0.25, 0.3) is 0 Å². The van der Waals surface area contributed by atoms with Gasteiger partial charge in [-0.1, -0.05) is 90.9 Å². The average Bonchev–Trinajstić information content (AvgIpc) is 3.07. The molecule has 0 fully saturated rings. The van der Waals surface area contributed by atoms with Gasteiger partial charge in [-0.2, -0.15) is 0 Å². The van der Waals surface area contributed by atoms with E-state index in [9.17, 15) is 44.0 Å². The summed E-state index contributed by atoms with van der Waals surface area (Å²) in [7, 11) is -3.74. The maximum absolute atomic E-state index is 10.8. The second-order valence-corrected chi connectivity index (χ2v) is 18.7.